The van der Waals surface area contributed by atoms with Gasteiger partial charge in [-0.05, 0) is 37.8 Å². The SMILES string of the molecule is Cc1nonc1C(=O)N[C@@H]1CC[C@@H]1NC1CCCCCC1. The predicted molar refractivity (Wildman–Crippen MR) is 77.9 cm³/mol. The van der Waals surface area contributed by atoms with E-state index in [-0.39, 0.29) is 11.9 Å². The number of rotatable bonds is 4. The normalized spacial score (nSPS) is 26.9. The summed E-state index contributed by atoms with van der Waals surface area (Å²) in [4.78, 5) is 12.1. The highest BCUT2D eigenvalue weighted by atomic mass is 16.6. The maximum Gasteiger partial charge on any atom is 0.275 e. The van der Waals surface area contributed by atoms with Gasteiger partial charge in [0.15, 0.2) is 5.69 Å². The molecular formula is C15H24N4O2. The predicted octanol–water partition coefficient (Wildman–Crippen LogP) is 1.95. The molecule has 0 aliphatic heterocycles. The van der Waals surface area contributed by atoms with Crippen LogP contribution >= 0.6 is 0 Å². The molecule has 3 rings (SSSR count). The number of hydrogen-bond acceptors (Lipinski definition) is 5. The lowest BCUT2D eigenvalue weighted by atomic mass is 9.85. The van der Waals surface area contributed by atoms with Crippen LogP contribution in [0.5, 0.6) is 0 Å². The molecule has 2 N–H and O–H groups in total. The minimum Gasteiger partial charge on any atom is -0.346 e. The van der Waals surface area contributed by atoms with E-state index >= 15 is 0 Å². The van der Waals surface area contributed by atoms with Gasteiger partial charge < -0.3 is 10.6 Å². The summed E-state index contributed by atoms with van der Waals surface area (Å²) >= 11 is 0. The van der Waals surface area contributed by atoms with Crippen molar-refractivity contribution < 1.29 is 9.42 Å². The number of hydrogen-bond donors (Lipinski definition) is 2. The van der Waals surface area contributed by atoms with Gasteiger partial charge in [0.1, 0.15) is 5.69 Å². The molecule has 0 unspecified atom stereocenters. The first-order chi connectivity index (χ1) is 10.2. The first-order valence-corrected chi connectivity index (χ1v) is 8.10. The van der Waals surface area contributed by atoms with Crippen LogP contribution in [0.15, 0.2) is 4.63 Å². The number of nitrogens with zero attached hydrogens (tertiary/aromatic N) is 2. The summed E-state index contributed by atoms with van der Waals surface area (Å²) in [5, 5.41) is 14.1. The van der Waals surface area contributed by atoms with Gasteiger partial charge in [0.25, 0.3) is 5.91 Å². The van der Waals surface area contributed by atoms with Crippen LogP contribution < -0.4 is 10.6 Å². The van der Waals surface area contributed by atoms with Crippen LogP contribution in [0.4, 0.5) is 0 Å². The molecule has 0 radical (unpaired) electrons. The molecule has 0 bridgehead atoms. The van der Waals surface area contributed by atoms with Crippen LogP contribution in [0.2, 0.25) is 0 Å². The van der Waals surface area contributed by atoms with Crippen molar-refractivity contribution in [3.05, 3.63) is 11.4 Å². The molecule has 2 atom stereocenters. The van der Waals surface area contributed by atoms with Crippen LogP contribution in [0, 0.1) is 6.92 Å². The Morgan fingerprint density at radius 3 is 2.33 bits per heavy atom. The Morgan fingerprint density at radius 1 is 1.05 bits per heavy atom. The van der Waals surface area contributed by atoms with Crippen molar-refractivity contribution in [1.82, 2.24) is 20.9 Å². The smallest absolute Gasteiger partial charge is 0.275 e. The first-order valence-electron chi connectivity index (χ1n) is 8.10. The zero-order valence-corrected chi connectivity index (χ0v) is 12.6. The van der Waals surface area contributed by atoms with Crippen molar-refractivity contribution in [3.63, 3.8) is 0 Å². The van der Waals surface area contributed by atoms with Crippen LogP contribution in [0.1, 0.15) is 67.5 Å². The van der Waals surface area contributed by atoms with E-state index in [1.165, 1.54) is 38.5 Å². The molecule has 0 aromatic carbocycles. The molecule has 2 aliphatic rings. The topological polar surface area (TPSA) is 80.0 Å². The molecule has 2 fully saturated rings. The number of nitrogens with one attached hydrogen (secondary N) is 2. The summed E-state index contributed by atoms with van der Waals surface area (Å²) in [5.74, 6) is -0.175. The largest absolute Gasteiger partial charge is 0.346 e. The second kappa shape index (κ2) is 6.56. The van der Waals surface area contributed by atoms with E-state index in [1.807, 2.05) is 0 Å². The molecule has 2 aliphatic carbocycles. The average Bonchev–Trinajstić information content (AvgIpc) is 2.74. The molecule has 1 amide bonds. The van der Waals surface area contributed by atoms with Gasteiger partial charge in [-0.25, -0.2) is 4.63 Å². The molecule has 1 aromatic rings. The molecule has 2 saturated carbocycles. The van der Waals surface area contributed by atoms with Crippen LogP contribution in [0.3, 0.4) is 0 Å². The summed E-state index contributed by atoms with van der Waals surface area (Å²) in [6, 6.07) is 1.22. The fraction of sp³-hybridized carbons (Fsp3) is 0.800. The second-order valence-electron chi connectivity index (χ2n) is 6.32. The Morgan fingerprint density at radius 2 is 1.76 bits per heavy atom. The Bertz CT molecular complexity index is 480. The van der Waals surface area contributed by atoms with Gasteiger partial charge in [-0.3, -0.25) is 4.79 Å². The Hall–Kier alpha value is -1.43. The number of aromatic nitrogens is 2. The van der Waals surface area contributed by atoms with Crippen LogP contribution in [0.25, 0.3) is 0 Å². The molecule has 116 valence electrons. The fourth-order valence-electron chi connectivity index (χ4n) is 3.30. The van der Waals surface area contributed by atoms with Gasteiger partial charge in [0, 0.05) is 18.1 Å². The van der Waals surface area contributed by atoms with Gasteiger partial charge in [-0.2, -0.15) is 0 Å². The van der Waals surface area contributed by atoms with E-state index in [9.17, 15) is 4.79 Å². The fourth-order valence-corrected chi connectivity index (χ4v) is 3.30. The summed E-state index contributed by atoms with van der Waals surface area (Å²) in [7, 11) is 0. The third-order valence-electron chi connectivity index (χ3n) is 4.76. The van der Waals surface area contributed by atoms with Gasteiger partial charge in [-0.15, -0.1) is 0 Å². The second-order valence-corrected chi connectivity index (χ2v) is 6.32. The Kier molecular flexibility index (Phi) is 4.53. The highest BCUT2D eigenvalue weighted by molar-refractivity contribution is 5.93. The quantitative estimate of drug-likeness (QED) is 0.829. The maximum absolute atomic E-state index is 12.1. The molecule has 1 aromatic heterocycles. The lowest BCUT2D eigenvalue weighted by Crippen LogP contribution is -2.59. The van der Waals surface area contributed by atoms with Gasteiger partial charge in [-0.1, -0.05) is 30.8 Å². The molecule has 0 spiro atoms. The molecule has 1 heterocycles. The molecule has 0 saturated heterocycles. The first kappa shape index (κ1) is 14.5. The third kappa shape index (κ3) is 3.43. The minimum atomic E-state index is -0.175. The van der Waals surface area contributed by atoms with Crippen molar-refractivity contribution in [2.24, 2.45) is 0 Å². The number of aryl methyl sites for hydroxylation is 1. The van der Waals surface area contributed by atoms with Gasteiger partial charge in [0.05, 0.1) is 0 Å². The third-order valence-corrected chi connectivity index (χ3v) is 4.76. The van der Waals surface area contributed by atoms with Crippen molar-refractivity contribution in [3.8, 4) is 0 Å². The van der Waals surface area contributed by atoms with E-state index in [0.717, 1.165) is 12.8 Å². The summed E-state index contributed by atoms with van der Waals surface area (Å²) < 4.78 is 4.59. The van der Waals surface area contributed by atoms with E-state index in [2.05, 4.69) is 25.6 Å². The summed E-state index contributed by atoms with van der Waals surface area (Å²) in [5.41, 5.74) is 0.843. The van der Waals surface area contributed by atoms with Gasteiger partial charge >= 0.3 is 0 Å². The maximum atomic E-state index is 12.1. The number of amides is 1. The Labute approximate surface area is 125 Å². The zero-order valence-electron chi connectivity index (χ0n) is 12.6. The summed E-state index contributed by atoms with van der Waals surface area (Å²) in [6.45, 7) is 1.73. The zero-order chi connectivity index (χ0) is 14.7. The monoisotopic (exact) mass is 292 g/mol. The van der Waals surface area contributed by atoms with Crippen LogP contribution in [-0.2, 0) is 0 Å². The highest BCUT2D eigenvalue weighted by Crippen LogP contribution is 2.24. The lowest BCUT2D eigenvalue weighted by molar-refractivity contribution is 0.0877. The van der Waals surface area contributed by atoms with E-state index in [0.29, 0.717) is 23.5 Å². The Balaban J connectivity index is 1.50. The number of carbonyl (C=O) groups excluding carboxylic acids is 1. The lowest BCUT2D eigenvalue weighted by Gasteiger charge is -2.40. The van der Waals surface area contributed by atoms with Crippen molar-refractivity contribution in [2.75, 3.05) is 0 Å². The summed E-state index contributed by atoms with van der Waals surface area (Å²) in [6.07, 6.45) is 10.1. The van der Waals surface area contributed by atoms with E-state index in [1.54, 1.807) is 6.92 Å². The molecular weight excluding hydrogens is 268 g/mol. The minimum absolute atomic E-state index is 0.175. The van der Waals surface area contributed by atoms with E-state index < -0.39 is 0 Å². The molecule has 6 heteroatoms. The van der Waals surface area contributed by atoms with Crippen LogP contribution in [-0.4, -0.2) is 34.3 Å². The van der Waals surface area contributed by atoms with Crippen molar-refractivity contribution in [1.29, 1.82) is 0 Å². The van der Waals surface area contributed by atoms with Gasteiger partial charge in [0.2, 0.25) is 0 Å². The standard InChI is InChI=1S/C15H24N4O2/c1-10-14(19-21-18-10)15(20)17-13-9-8-12(13)16-11-6-4-2-3-5-7-11/h11-13,16H,2-9H2,1H3,(H,17,20)/t12-,13+/m0/s1. The highest BCUT2D eigenvalue weighted by Gasteiger charge is 2.34. The molecule has 21 heavy (non-hydrogen) atoms. The molecule has 6 nitrogen and oxygen atoms in total. The van der Waals surface area contributed by atoms with Crippen molar-refractivity contribution in [2.45, 2.75) is 76.4 Å². The van der Waals surface area contributed by atoms with E-state index in [4.69, 9.17) is 0 Å². The number of carbonyl (C=O) groups is 1. The van der Waals surface area contributed by atoms with Crippen molar-refractivity contribution >= 4 is 5.91 Å². The average molecular weight is 292 g/mol.